The minimum absolute atomic E-state index is 0.227. The Morgan fingerprint density at radius 2 is 2.20 bits per heavy atom. The maximum Gasteiger partial charge on any atom is 0.132 e. The largest absolute Gasteiger partial charge is 0.342 e. The summed E-state index contributed by atoms with van der Waals surface area (Å²) in [5.74, 6) is 1.20. The fourth-order valence-electron chi connectivity index (χ4n) is 3.49. The number of benzene rings is 1. The highest BCUT2D eigenvalue weighted by Gasteiger charge is 2.41. The number of aromatic amines is 1. The first-order chi connectivity index (χ1) is 9.70. The Morgan fingerprint density at radius 1 is 1.30 bits per heavy atom. The van der Waals surface area contributed by atoms with Crippen molar-refractivity contribution in [2.24, 2.45) is 0 Å². The summed E-state index contributed by atoms with van der Waals surface area (Å²) in [6.07, 6.45) is 5.37. The van der Waals surface area contributed by atoms with Gasteiger partial charge in [0.2, 0.25) is 0 Å². The summed E-state index contributed by atoms with van der Waals surface area (Å²) in [6, 6.07) is 6.13. The van der Waals surface area contributed by atoms with Gasteiger partial charge in [0.05, 0.1) is 11.9 Å². The zero-order valence-electron chi connectivity index (χ0n) is 10.9. The molecule has 3 unspecified atom stereocenters. The fourth-order valence-corrected chi connectivity index (χ4v) is 3.85. The van der Waals surface area contributed by atoms with E-state index in [-0.39, 0.29) is 5.82 Å². The lowest BCUT2D eigenvalue weighted by Crippen LogP contribution is -2.22. The van der Waals surface area contributed by atoms with Gasteiger partial charge in [-0.3, -0.25) is 0 Å². The van der Waals surface area contributed by atoms with Crippen molar-refractivity contribution >= 4 is 15.9 Å². The SMILES string of the molecule is Fc1ccc(Br)cc1-c1cnc(C2CC3CCC2N3)[nH]1. The highest BCUT2D eigenvalue weighted by Crippen LogP contribution is 2.39. The van der Waals surface area contributed by atoms with Crippen LogP contribution in [0.2, 0.25) is 0 Å². The first-order valence-corrected chi connectivity index (χ1v) is 7.76. The third kappa shape index (κ3) is 2.00. The van der Waals surface area contributed by atoms with Gasteiger partial charge < -0.3 is 10.3 Å². The molecule has 20 heavy (non-hydrogen) atoms. The molecular weight excluding hydrogens is 321 g/mol. The lowest BCUT2D eigenvalue weighted by atomic mass is 9.89. The van der Waals surface area contributed by atoms with Crippen LogP contribution in [0.1, 0.15) is 31.0 Å². The Bertz CT molecular complexity index is 654. The van der Waals surface area contributed by atoms with Crippen molar-refractivity contribution in [3.63, 3.8) is 0 Å². The smallest absolute Gasteiger partial charge is 0.132 e. The Balaban J connectivity index is 1.66. The van der Waals surface area contributed by atoms with Crippen LogP contribution in [0.5, 0.6) is 0 Å². The van der Waals surface area contributed by atoms with Crippen LogP contribution in [-0.4, -0.2) is 22.1 Å². The maximum absolute atomic E-state index is 13.9. The van der Waals surface area contributed by atoms with E-state index in [1.807, 2.05) is 0 Å². The van der Waals surface area contributed by atoms with Gasteiger partial charge >= 0.3 is 0 Å². The standard InChI is InChI=1S/C15H15BrFN3/c16-8-1-3-12(17)10(5-8)14-7-18-15(20-14)11-6-9-2-4-13(11)19-9/h1,3,5,7,9,11,13,19H,2,4,6H2,(H,18,20). The Hall–Kier alpha value is -1.20. The minimum atomic E-state index is -0.227. The van der Waals surface area contributed by atoms with Crippen LogP contribution in [0.15, 0.2) is 28.9 Å². The van der Waals surface area contributed by atoms with Crippen LogP contribution >= 0.6 is 15.9 Å². The van der Waals surface area contributed by atoms with Crippen LogP contribution in [-0.2, 0) is 0 Å². The van der Waals surface area contributed by atoms with E-state index < -0.39 is 0 Å². The van der Waals surface area contributed by atoms with Crippen molar-refractivity contribution in [3.8, 4) is 11.3 Å². The summed E-state index contributed by atoms with van der Waals surface area (Å²) >= 11 is 3.38. The van der Waals surface area contributed by atoms with Crippen LogP contribution in [0.3, 0.4) is 0 Å². The summed E-state index contributed by atoms with van der Waals surface area (Å²) in [6.45, 7) is 0. The first kappa shape index (κ1) is 12.5. The summed E-state index contributed by atoms with van der Waals surface area (Å²) in [7, 11) is 0. The van der Waals surface area contributed by atoms with Crippen molar-refractivity contribution in [3.05, 3.63) is 40.5 Å². The van der Waals surface area contributed by atoms with Gasteiger partial charge in [-0.1, -0.05) is 15.9 Å². The number of imidazole rings is 1. The normalized spacial score (nSPS) is 28.2. The highest BCUT2D eigenvalue weighted by atomic mass is 79.9. The van der Waals surface area contributed by atoms with Gasteiger partial charge in [-0.15, -0.1) is 0 Å². The van der Waals surface area contributed by atoms with E-state index in [1.165, 1.54) is 18.9 Å². The second kappa shape index (κ2) is 4.67. The van der Waals surface area contributed by atoms with Crippen LogP contribution in [0.25, 0.3) is 11.3 Å². The Morgan fingerprint density at radius 3 is 2.95 bits per heavy atom. The number of H-pyrrole nitrogens is 1. The van der Waals surface area contributed by atoms with E-state index >= 15 is 0 Å². The molecule has 104 valence electrons. The van der Waals surface area contributed by atoms with Crippen molar-refractivity contribution < 1.29 is 4.39 Å². The molecule has 4 rings (SSSR count). The lowest BCUT2D eigenvalue weighted by molar-refractivity contribution is 0.490. The topological polar surface area (TPSA) is 40.7 Å². The van der Waals surface area contributed by atoms with Gasteiger partial charge in [-0.25, -0.2) is 9.37 Å². The van der Waals surface area contributed by atoms with Gasteiger partial charge in [-0.05, 0) is 37.5 Å². The van der Waals surface area contributed by atoms with Crippen molar-refractivity contribution in [1.82, 2.24) is 15.3 Å². The van der Waals surface area contributed by atoms with E-state index in [9.17, 15) is 4.39 Å². The molecule has 3 nitrogen and oxygen atoms in total. The molecule has 0 saturated carbocycles. The zero-order valence-corrected chi connectivity index (χ0v) is 12.5. The molecule has 2 fully saturated rings. The fraction of sp³-hybridized carbons (Fsp3) is 0.400. The van der Waals surface area contributed by atoms with Gasteiger partial charge in [0.1, 0.15) is 11.6 Å². The van der Waals surface area contributed by atoms with Gasteiger partial charge in [0.15, 0.2) is 0 Å². The number of hydrogen-bond donors (Lipinski definition) is 2. The monoisotopic (exact) mass is 335 g/mol. The van der Waals surface area contributed by atoms with E-state index in [0.717, 1.165) is 22.4 Å². The average Bonchev–Trinajstić information content (AvgIpc) is 3.15. The summed E-state index contributed by atoms with van der Waals surface area (Å²) in [4.78, 5) is 7.80. The molecule has 0 radical (unpaired) electrons. The molecule has 2 aromatic rings. The number of fused-ring (bicyclic) bond motifs is 2. The van der Waals surface area contributed by atoms with Crippen LogP contribution < -0.4 is 5.32 Å². The predicted octanol–water partition coefficient (Wildman–Crippen LogP) is 3.59. The number of halogens is 2. The molecular formula is C15H15BrFN3. The second-order valence-electron chi connectivity index (χ2n) is 5.70. The molecule has 2 aliphatic rings. The number of rotatable bonds is 2. The first-order valence-electron chi connectivity index (χ1n) is 6.97. The Labute approximate surface area is 125 Å². The number of nitrogens with zero attached hydrogens (tertiary/aromatic N) is 1. The zero-order chi connectivity index (χ0) is 13.7. The third-order valence-electron chi connectivity index (χ3n) is 4.47. The van der Waals surface area contributed by atoms with E-state index in [4.69, 9.17) is 0 Å². The average molecular weight is 336 g/mol. The van der Waals surface area contributed by atoms with Crippen molar-refractivity contribution in [2.45, 2.75) is 37.3 Å². The quantitative estimate of drug-likeness (QED) is 0.880. The van der Waals surface area contributed by atoms with Gasteiger partial charge in [0.25, 0.3) is 0 Å². The van der Waals surface area contributed by atoms with E-state index in [0.29, 0.717) is 23.6 Å². The highest BCUT2D eigenvalue weighted by molar-refractivity contribution is 9.10. The van der Waals surface area contributed by atoms with Gasteiger partial charge in [0, 0.05) is 28.0 Å². The molecule has 1 aromatic carbocycles. The van der Waals surface area contributed by atoms with Crippen LogP contribution in [0.4, 0.5) is 4.39 Å². The van der Waals surface area contributed by atoms with Gasteiger partial charge in [-0.2, -0.15) is 0 Å². The number of nitrogens with one attached hydrogen (secondary N) is 2. The molecule has 3 heterocycles. The molecule has 0 spiro atoms. The van der Waals surface area contributed by atoms with Crippen molar-refractivity contribution in [2.75, 3.05) is 0 Å². The molecule has 1 aromatic heterocycles. The lowest BCUT2D eigenvalue weighted by Gasteiger charge is -2.17. The third-order valence-corrected chi connectivity index (χ3v) is 4.96. The molecule has 5 heteroatoms. The predicted molar refractivity (Wildman–Crippen MR) is 79.0 cm³/mol. The summed E-state index contributed by atoms with van der Waals surface area (Å²) in [5, 5.41) is 3.60. The Kier molecular flexibility index (Phi) is 2.93. The number of aromatic nitrogens is 2. The van der Waals surface area contributed by atoms with Crippen LogP contribution in [0, 0.1) is 5.82 Å². The maximum atomic E-state index is 13.9. The molecule has 2 saturated heterocycles. The summed E-state index contributed by atoms with van der Waals surface area (Å²) in [5.41, 5.74) is 1.32. The molecule has 2 bridgehead atoms. The minimum Gasteiger partial charge on any atom is -0.342 e. The van der Waals surface area contributed by atoms with E-state index in [2.05, 4.69) is 31.2 Å². The van der Waals surface area contributed by atoms with Crippen molar-refractivity contribution in [1.29, 1.82) is 0 Å². The summed E-state index contributed by atoms with van der Waals surface area (Å²) < 4.78 is 14.8. The molecule has 3 atom stereocenters. The molecule has 0 aliphatic carbocycles. The second-order valence-corrected chi connectivity index (χ2v) is 6.61. The molecule has 0 amide bonds. The molecule has 2 aliphatic heterocycles. The van der Waals surface area contributed by atoms with E-state index in [1.54, 1.807) is 18.3 Å². The number of hydrogen-bond acceptors (Lipinski definition) is 2. The molecule has 2 N–H and O–H groups in total.